The third kappa shape index (κ3) is 51.8. The van der Waals surface area contributed by atoms with Gasteiger partial charge in [-0.3, -0.25) is 16.2 Å². The molecule has 0 aliphatic carbocycles. The molecule has 0 unspecified atom stereocenters. The van der Waals surface area contributed by atoms with Gasteiger partial charge in [0.15, 0.2) is 12.1 Å². The fraction of sp³-hybridized carbons (Fsp3) is 0.600. The Morgan fingerprint density at radius 2 is 1.42 bits per heavy atom. The first-order valence-electron chi connectivity index (χ1n) is 2.43. The van der Waals surface area contributed by atoms with Crippen molar-refractivity contribution in [3.05, 3.63) is 6.20 Å². The number of nitrogens with zero attached hydrogens (tertiary/aromatic N) is 1. The van der Waals surface area contributed by atoms with Crippen LogP contribution in [0, 0.1) is 0 Å². The number of nitrogens with two attached hydrogens (primary N) is 2. The zero-order chi connectivity index (χ0) is 7.91. The van der Waals surface area contributed by atoms with Gasteiger partial charge in [-0.1, -0.05) is 0 Å². The number of carbonyl (C=O) groups excluding carboxylic acids is 1. The van der Waals surface area contributed by atoms with Crippen LogP contribution in [0.2, 0.25) is 0 Å². The van der Waals surface area contributed by atoms with Gasteiger partial charge in [0.25, 0.3) is 0 Å². The largest absolute Gasteiger partial charge is 1.00 e. The summed E-state index contributed by atoms with van der Waals surface area (Å²) < 4.78 is 0.545. The zero-order valence-electron chi connectivity index (χ0n) is 7.84. The molecule has 5 nitrogen and oxygen atoms in total. The monoisotopic (exact) mass is 220 g/mol. The molecule has 0 aromatic heterocycles. The Bertz CT molecular complexity index is 109. The Morgan fingerprint density at radius 1 is 1.17 bits per heavy atom. The average molecular weight is 221 g/mol. The Balaban J connectivity index is -0.0000000303. The van der Waals surface area contributed by atoms with Gasteiger partial charge in [0, 0.05) is 0 Å². The molecule has 0 radical (unpaired) electrons. The van der Waals surface area contributed by atoms with E-state index in [9.17, 15) is 4.79 Å². The smallest absolute Gasteiger partial charge is 0.183 e. The molecule has 0 rings (SSSR count). The van der Waals surface area contributed by atoms with E-state index in [0.29, 0.717) is 4.48 Å². The highest BCUT2D eigenvalue weighted by atomic mass is 35.5. The van der Waals surface area contributed by atoms with Crippen LogP contribution in [0.15, 0.2) is 6.20 Å². The second-order valence-corrected chi connectivity index (χ2v) is 2.36. The molecule has 0 heterocycles. The van der Waals surface area contributed by atoms with Gasteiger partial charge in [0.05, 0.1) is 21.1 Å². The molecule has 0 aromatic carbocycles. The predicted molar refractivity (Wildman–Crippen MR) is 42.7 cm³/mol. The molecule has 0 aromatic rings. The summed E-state index contributed by atoms with van der Waals surface area (Å²) in [5.41, 5.74) is 0. The van der Waals surface area contributed by atoms with Crippen LogP contribution in [-0.2, 0) is 4.79 Å². The molecule has 0 spiro atoms. The van der Waals surface area contributed by atoms with Crippen molar-refractivity contribution >= 4 is 5.94 Å². The van der Waals surface area contributed by atoms with Crippen molar-refractivity contribution in [2.24, 2.45) is 11.7 Å². The molecule has 0 fully saturated rings. The lowest BCUT2D eigenvalue weighted by Gasteiger charge is -2.13. The quantitative estimate of drug-likeness (QED) is 0.177. The van der Waals surface area contributed by atoms with Crippen LogP contribution in [-0.4, -0.2) is 31.6 Å². The molecule has 0 amide bonds. The standard InChI is InChI=1S/C5H10NO.2ClH.H4N2.H3N/c1-6(2,3)4-5-7;;;1-2;/h4H,1-3H3;2*1H;1-2H2;1H3/q+1;;;;/p-1. The molecule has 0 atom stereocenters. The molecule has 78 valence electrons. The maximum atomic E-state index is 9.62. The Labute approximate surface area is 85.7 Å². The first-order chi connectivity index (χ1) is 4.06. The van der Waals surface area contributed by atoms with Crippen molar-refractivity contribution < 1.29 is 34.1 Å². The molecule has 0 saturated carbocycles. The average Bonchev–Trinajstić information content (AvgIpc) is 1.69. The van der Waals surface area contributed by atoms with Crippen LogP contribution in [0.3, 0.4) is 0 Å². The normalized spacial score (nSPS) is 6.42. The molecule has 0 bridgehead atoms. The second-order valence-electron chi connectivity index (χ2n) is 2.36. The third-order valence-corrected chi connectivity index (χ3v) is 0.440. The van der Waals surface area contributed by atoms with Gasteiger partial charge in [-0.05, 0) is 0 Å². The fourth-order valence-electron chi connectivity index (χ4n) is 0.158. The number of hydrazine groups is 1. The van der Waals surface area contributed by atoms with E-state index in [1.54, 1.807) is 5.94 Å². The van der Waals surface area contributed by atoms with E-state index in [4.69, 9.17) is 0 Å². The number of rotatable bonds is 1. The summed E-state index contributed by atoms with van der Waals surface area (Å²) in [6, 6.07) is 0. The van der Waals surface area contributed by atoms with E-state index in [1.807, 2.05) is 21.1 Å². The maximum absolute atomic E-state index is 9.62. The minimum absolute atomic E-state index is 0. The molecule has 0 aliphatic rings. The number of quaternary nitrogens is 2. The first kappa shape index (κ1) is 29.7. The van der Waals surface area contributed by atoms with E-state index in [0.717, 1.165) is 0 Å². The Morgan fingerprint density at radius 3 is 1.42 bits per heavy atom. The summed E-state index contributed by atoms with van der Waals surface area (Å²) in [5.74, 6) is 9.70. The second kappa shape index (κ2) is 17.1. The van der Waals surface area contributed by atoms with Crippen LogP contribution in [0.25, 0.3) is 0 Å². The van der Waals surface area contributed by atoms with Gasteiger partial charge in [-0.15, -0.1) is 0 Å². The molecule has 12 heavy (non-hydrogen) atoms. The van der Waals surface area contributed by atoms with Crippen molar-refractivity contribution in [2.45, 2.75) is 0 Å². The number of halogens is 2. The van der Waals surface area contributed by atoms with Gasteiger partial charge in [-0.25, -0.2) is 4.79 Å². The first-order valence-corrected chi connectivity index (χ1v) is 2.43. The van der Waals surface area contributed by atoms with E-state index in [-0.39, 0.29) is 31.0 Å². The molecular weight excluding hydrogens is 203 g/mol. The van der Waals surface area contributed by atoms with E-state index in [2.05, 4.69) is 11.7 Å². The van der Waals surface area contributed by atoms with Gasteiger partial charge in [0.2, 0.25) is 0 Å². The van der Waals surface area contributed by atoms with Gasteiger partial charge < -0.3 is 31.0 Å². The Kier molecular flexibility index (Phi) is 42.3. The molecule has 0 aliphatic heterocycles. The topological polar surface area (TPSA) is 106 Å². The minimum Gasteiger partial charge on any atom is -1.00 e. The summed E-state index contributed by atoms with van der Waals surface area (Å²) in [7, 11) is 5.68. The Hall–Kier alpha value is -0.130. The predicted octanol–water partition coefficient (Wildman–Crippen LogP) is -6.76. The van der Waals surface area contributed by atoms with Crippen molar-refractivity contribution in [3.63, 3.8) is 0 Å². The lowest BCUT2D eigenvalue weighted by molar-refractivity contribution is -0.815. The lowest BCUT2D eigenvalue weighted by Crippen LogP contribution is -3.00. The summed E-state index contributed by atoms with van der Waals surface area (Å²) >= 11 is 0. The SMILES string of the molecule is C[N+](C)(C)C=C=O.NN.[Cl-].[Cl-].[NH4+]. The van der Waals surface area contributed by atoms with Gasteiger partial charge in [0.1, 0.15) is 0 Å². The van der Waals surface area contributed by atoms with Crippen molar-refractivity contribution in [3.8, 4) is 0 Å². The van der Waals surface area contributed by atoms with Crippen LogP contribution >= 0.6 is 0 Å². The van der Waals surface area contributed by atoms with Crippen molar-refractivity contribution in [2.75, 3.05) is 21.1 Å². The lowest BCUT2D eigenvalue weighted by atomic mass is 10.7. The van der Waals surface area contributed by atoms with Gasteiger partial charge >= 0.3 is 0 Å². The summed E-state index contributed by atoms with van der Waals surface area (Å²) in [6.07, 6.45) is 1.44. The van der Waals surface area contributed by atoms with Gasteiger partial charge in [-0.2, -0.15) is 0 Å². The summed E-state index contributed by atoms with van der Waals surface area (Å²) in [5, 5.41) is 0. The minimum atomic E-state index is 0. The fourth-order valence-corrected chi connectivity index (χ4v) is 0.158. The van der Waals surface area contributed by atoms with Crippen LogP contribution in [0.5, 0.6) is 0 Å². The zero-order valence-corrected chi connectivity index (χ0v) is 9.36. The number of hydrogen-bond donors (Lipinski definition) is 3. The summed E-state index contributed by atoms with van der Waals surface area (Å²) in [4.78, 5) is 9.62. The van der Waals surface area contributed by atoms with Crippen LogP contribution in [0.1, 0.15) is 0 Å². The molecule has 8 N–H and O–H groups in total. The van der Waals surface area contributed by atoms with E-state index >= 15 is 0 Å². The molecular formula is C5H18Cl2N4O. The van der Waals surface area contributed by atoms with E-state index in [1.165, 1.54) is 6.20 Å². The highest BCUT2D eigenvalue weighted by Crippen LogP contribution is 1.84. The third-order valence-electron chi connectivity index (χ3n) is 0.440. The summed E-state index contributed by atoms with van der Waals surface area (Å²) in [6.45, 7) is 0. The van der Waals surface area contributed by atoms with Crippen LogP contribution in [0.4, 0.5) is 0 Å². The molecule has 0 saturated heterocycles. The van der Waals surface area contributed by atoms with E-state index < -0.39 is 0 Å². The maximum Gasteiger partial charge on any atom is 0.183 e. The highest BCUT2D eigenvalue weighted by molar-refractivity contribution is 5.42. The highest BCUT2D eigenvalue weighted by Gasteiger charge is 1.97. The number of hydrogen-bond acceptors (Lipinski definition) is 3. The molecule has 7 heteroatoms. The van der Waals surface area contributed by atoms with Crippen molar-refractivity contribution in [1.29, 1.82) is 0 Å². The van der Waals surface area contributed by atoms with Crippen molar-refractivity contribution in [1.82, 2.24) is 6.15 Å². The van der Waals surface area contributed by atoms with Crippen LogP contribution < -0.4 is 42.6 Å².